The molecule has 0 aliphatic heterocycles. The lowest BCUT2D eigenvalue weighted by atomic mass is 9.80. The molecule has 1 saturated carbocycles. The van der Waals surface area contributed by atoms with E-state index in [0.29, 0.717) is 6.42 Å². The molecule has 1 aliphatic rings. The first-order chi connectivity index (χ1) is 7.78. The third kappa shape index (κ3) is 2.44. The van der Waals surface area contributed by atoms with Crippen molar-refractivity contribution in [3.63, 3.8) is 0 Å². The second-order valence-corrected chi connectivity index (χ2v) is 6.92. The van der Waals surface area contributed by atoms with Gasteiger partial charge in [0.15, 0.2) is 5.41 Å². The predicted molar refractivity (Wildman–Crippen MR) is 61.7 cm³/mol. The molecule has 3 atom stereocenters. The number of rotatable bonds is 3. The highest BCUT2D eigenvalue weighted by atomic mass is 32.2. The molecule has 0 spiro atoms. The van der Waals surface area contributed by atoms with Gasteiger partial charge in [-0.1, -0.05) is 6.92 Å². The average molecular weight is 259 g/mol. The molecular weight excluding hydrogens is 242 g/mol. The summed E-state index contributed by atoms with van der Waals surface area (Å²) in [7, 11) is -3.22. The van der Waals surface area contributed by atoms with Crippen molar-refractivity contribution in [2.24, 2.45) is 11.3 Å². The minimum absolute atomic E-state index is 0.0440. The first-order valence-corrected chi connectivity index (χ1v) is 7.50. The molecule has 0 aromatic rings. The molecule has 96 valence electrons. The van der Waals surface area contributed by atoms with Gasteiger partial charge in [-0.3, -0.25) is 4.79 Å². The number of carbonyl (C=O) groups excluding carboxylic acids is 1. The van der Waals surface area contributed by atoms with Crippen LogP contribution in [0.15, 0.2) is 0 Å². The number of nitrogens with zero attached hydrogens (tertiary/aromatic N) is 1. The van der Waals surface area contributed by atoms with E-state index < -0.39 is 26.5 Å². The molecule has 5 nitrogen and oxygen atoms in total. The summed E-state index contributed by atoms with van der Waals surface area (Å²) in [6.45, 7) is 3.58. The fourth-order valence-electron chi connectivity index (χ4n) is 2.31. The number of nitriles is 1. The van der Waals surface area contributed by atoms with Gasteiger partial charge in [-0.2, -0.15) is 5.26 Å². The lowest BCUT2D eigenvalue weighted by Gasteiger charge is -2.22. The molecule has 0 radical (unpaired) electrons. The number of hydrogen-bond acceptors (Lipinski definition) is 5. The molecule has 0 heterocycles. The first-order valence-electron chi connectivity index (χ1n) is 5.55. The van der Waals surface area contributed by atoms with Crippen molar-refractivity contribution < 1.29 is 17.9 Å². The molecule has 1 fully saturated rings. The van der Waals surface area contributed by atoms with Gasteiger partial charge in [0.1, 0.15) is 9.84 Å². The van der Waals surface area contributed by atoms with Gasteiger partial charge < -0.3 is 4.74 Å². The number of esters is 1. The molecule has 1 rings (SSSR count). The maximum Gasteiger partial charge on any atom is 0.326 e. The Morgan fingerprint density at radius 2 is 2.18 bits per heavy atom. The summed E-state index contributed by atoms with van der Waals surface area (Å²) in [5, 5.41) is 8.60. The van der Waals surface area contributed by atoms with E-state index in [4.69, 9.17) is 4.74 Å². The maximum atomic E-state index is 11.8. The molecular formula is C11H17NO4S. The van der Waals surface area contributed by atoms with Crippen LogP contribution in [0.25, 0.3) is 0 Å². The van der Waals surface area contributed by atoms with Gasteiger partial charge in [-0.25, -0.2) is 8.42 Å². The highest BCUT2D eigenvalue weighted by Crippen LogP contribution is 2.46. The fourth-order valence-corrected chi connectivity index (χ4v) is 3.52. The van der Waals surface area contributed by atoms with Gasteiger partial charge >= 0.3 is 5.97 Å². The van der Waals surface area contributed by atoms with Crippen LogP contribution >= 0.6 is 0 Å². The standard InChI is InChI=1S/C11H17NO4S/c1-4-16-10(13)11(7-12)6-9(5-8(11)2)17(3,14)15/h8-9H,4-6H2,1-3H3/t8-,9-,11-/m0/s1. The predicted octanol–water partition coefficient (Wildman–Crippen LogP) is 0.903. The van der Waals surface area contributed by atoms with Crippen LogP contribution in [0.1, 0.15) is 26.7 Å². The van der Waals surface area contributed by atoms with E-state index >= 15 is 0 Å². The zero-order chi connectivity index (χ0) is 13.3. The summed E-state index contributed by atoms with van der Waals surface area (Å²) in [6.07, 6.45) is 1.52. The molecule has 0 unspecified atom stereocenters. The molecule has 0 N–H and O–H groups in total. The molecule has 0 aromatic heterocycles. The van der Waals surface area contributed by atoms with Crippen LogP contribution in [-0.4, -0.2) is 32.5 Å². The normalized spacial score (nSPS) is 33.1. The third-order valence-corrected chi connectivity index (χ3v) is 5.02. The van der Waals surface area contributed by atoms with E-state index in [1.165, 1.54) is 0 Å². The van der Waals surface area contributed by atoms with Gasteiger partial charge in [0.2, 0.25) is 0 Å². The van der Waals surface area contributed by atoms with Gasteiger partial charge in [-0.15, -0.1) is 0 Å². The zero-order valence-corrected chi connectivity index (χ0v) is 11.1. The van der Waals surface area contributed by atoms with Gasteiger partial charge in [0.25, 0.3) is 0 Å². The second-order valence-electron chi connectivity index (χ2n) is 4.60. The summed E-state index contributed by atoms with van der Waals surface area (Å²) in [5.41, 5.74) is -1.30. The van der Waals surface area contributed by atoms with Crippen molar-refractivity contribution in [2.45, 2.75) is 31.9 Å². The van der Waals surface area contributed by atoms with Crippen LogP contribution in [0.3, 0.4) is 0 Å². The van der Waals surface area contributed by atoms with E-state index in [1.54, 1.807) is 13.8 Å². The Morgan fingerprint density at radius 3 is 2.53 bits per heavy atom. The largest absolute Gasteiger partial charge is 0.465 e. The third-order valence-electron chi connectivity index (χ3n) is 3.45. The SMILES string of the molecule is CCOC(=O)[C@]1(C#N)C[C@@H](S(C)(=O)=O)C[C@@H]1C. The van der Waals surface area contributed by atoms with Crippen LogP contribution in [0.5, 0.6) is 0 Å². The molecule has 6 heteroatoms. The Hall–Kier alpha value is -1.09. The van der Waals surface area contributed by atoms with E-state index in [0.717, 1.165) is 6.26 Å². The summed E-state index contributed by atoms with van der Waals surface area (Å²) >= 11 is 0. The molecule has 0 saturated heterocycles. The number of sulfone groups is 1. The van der Waals surface area contributed by atoms with Crippen molar-refractivity contribution in [1.82, 2.24) is 0 Å². The second kappa shape index (κ2) is 4.65. The first kappa shape index (κ1) is 14.0. The van der Waals surface area contributed by atoms with Crippen molar-refractivity contribution in [3.8, 4) is 6.07 Å². The molecule has 17 heavy (non-hydrogen) atoms. The van der Waals surface area contributed by atoms with E-state index in [1.807, 2.05) is 6.07 Å². The minimum atomic E-state index is -3.22. The number of carbonyl (C=O) groups is 1. The van der Waals surface area contributed by atoms with E-state index in [9.17, 15) is 18.5 Å². The van der Waals surface area contributed by atoms with E-state index in [2.05, 4.69) is 0 Å². The minimum Gasteiger partial charge on any atom is -0.465 e. The zero-order valence-electron chi connectivity index (χ0n) is 10.3. The monoisotopic (exact) mass is 259 g/mol. The average Bonchev–Trinajstić information content (AvgIpc) is 2.56. The van der Waals surface area contributed by atoms with Gasteiger partial charge in [0.05, 0.1) is 17.9 Å². The van der Waals surface area contributed by atoms with Crippen LogP contribution < -0.4 is 0 Å². The maximum absolute atomic E-state index is 11.8. The molecule has 0 aromatic carbocycles. The highest BCUT2D eigenvalue weighted by molar-refractivity contribution is 7.91. The van der Waals surface area contributed by atoms with Crippen LogP contribution in [0.4, 0.5) is 0 Å². The van der Waals surface area contributed by atoms with Crippen LogP contribution in [0.2, 0.25) is 0 Å². The Balaban J connectivity index is 3.04. The lowest BCUT2D eigenvalue weighted by molar-refractivity contribution is -0.153. The van der Waals surface area contributed by atoms with Crippen LogP contribution in [-0.2, 0) is 19.4 Å². The Labute approximate surface area is 102 Å². The Bertz CT molecular complexity index is 451. The summed E-state index contributed by atoms with van der Waals surface area (Å²) in [6, 6.07) is 1.97. The number of ether oxygens (including phenoxy) is 1. The molecule has 0 bridgehead atoms. The van der Waals surface area contributed by atoms with Crippen LogP contribution in [0, 0.1) is 22.7 Å². The summed E-state index contributed by atoms with van der Waals surface area (Å²) in [5.74, 6) is -0.896. The topological polar surface area (TPSA) is 84.2 Å². The number of hydrogen-bond donors (Lipinski definition) is 0. The van der Waals surface area contributed by atoms with Gasteiger partial charge in [-0.05, 0) is 25.7 Å². The van der Waals surface area contributed by atoms with Crippen molar-refractivity contribution >= 4 is 15.8 Å². The highest BCUT2D eigenvalue weighted by Gasteiger charge is 2.54. The van der Waals surface area contributed by atoms with Crippen molar-refractivity contribution in [1.29, 1.82) is 5.26 Å². The summed E-state index contributed by atoms with van der Waals surface area (Å²) < 4.78 is 27.9. The fraction of sp³-hybridized carbons (Fsp3) is 0.818. The van der Waals surface area contributed by atoms with Crippen molar-refractivity contribution in [3.05, 3.63) is 0 Å². The Kier molecular flexibility index (Phi) is 3.82. The Morgan fingerprint density at radius 1 is 1.59 bits per heavy atom. The summed E-state index contributed by atoms with van der Waals surface area (Å²) in [4.78, 5) is 11.8. The lowest BCUT2D eigenvalue weighted by Crippen LogP contribution is -2.34. The van der Waals surface area contributed by atoms with Crippen molar-refractivity contribution in [2.75, 3.05) is 12.9 Å². The van der Waals surface area contributed by atoms with Gasteiger partial charge in [0, 0.05) is 6.26 Å². The van der Waals surface area contributed by atoms with E-state index in [-0.39, 0.29) is 18.9 Å². The smallest absolute Gasteiger partial charge is 0.326 e. The molecule has 1 aliphatic carbocycles. The molecule has 0 amide bonds. The quantitative estimate of drug-likeness (QED) is 0.703.